The molecule has 6 nitrogen and oxygen atoms in total. The molecule has 2 aromatic rings. The summed E-state index contributed by atoms with van der Waals surface area (Å²) in [5.74, 6) is -0.197. The molecule has 1 aromatic carbocycles. The van der Waals surface area contributed by atoms with Crippen molar-refractivity contribution in [2.45, 2.75) is 24.8 Å². The van der Waals surface area contributed by atoms with Crippen molar-refractivity contribution >= 4 is 15.8 Å². The SMILES string of the molecule is Cc1ccc(F)cc1S(=O)(=O)N1CCc2c(N)ncnc2C1. The minimum atomic E-state index is -3.78. The van der Waals surface area contributed by atoms with Crippen LogP contribution in [-0.2, 0) is 23.0 Å². The van der Waals surface area contributed by atoms with Gasteiger partial charge in [-0.25, -0.2) is 22.8 Å². The molecule has 0 aliphatic carbocycles. The maximum atomic E-state index is 13.4. The molecule has 116 valence electrons. The molecular weight excluding hydrogens is 307 g/mol. The highest BCUT2D eigenvalue weighted by Gasteiger charge is 2.31. The van der Waals surface area contributed by atoms with Crippen LogP contribution in [-0.4, -0.2) is 29.2 Å². The fourth-order valence-electron chi connectivity index (χ4n) is 2.55. The van der Waals surface area contributed by atoms with Gasteiger partial charge in [0.2, 0.25) is 10.0 Å². The van der Waals surface area contributed by atoms with Crippen LogP contribution in [0.25, 0.3) is 0 Å². The van der Waals surface area contributed by atoms with Crippen molar-refractivity contribution in [3.05, 3.63) is 47.2 Å². The lowest BCUT2D eigenvalue weighted by Crippen LogP contribution is -2.37. The second kappa shape index (κ2) is 5.29. The van der Waals surface area contributed by atoms with Gasteiger partial charge < -0.3 is 5.73 Å². The molecule has 1 aromatic heterocycles. The highest BCUT2D eigenvalue weighted by Crippen LogP contribution is 2.27. The number of benzene rings is 1. The molecule has 0 spiro atoms. The topological polar surface area (TPSA) is 89.2 Å². The van der Waals surface area contributed by atoms with E-state index in [9.17, 15) is 12.8 Å². The summed E-state index contributed by atoms with van der Waals surface area (Å²) in [6.45, 7) is 2.02. The summed E-state index contributed by atoms with van der Waals surface area (Å²) in [5.41, 5.74) is 7.67. The monoisotopic (exact) mass is 322 g/mol. The molecule has 0 radical (unpaired) electrons. The molecule has 0 saturated heterocycles. The van der Waals surface area contributed by atoms with E-state index in [0.717, 1.165) is 11.6 Å². The summed E-state index contributed by atoms with van der Waals surface area (Å²) >= 11 is 0. The number of nitrogens with zero attached hydrogens (tertiary/aromatic N) is 3. The number of hydrogen-bond donors (Lipinski definition) is 1. The minimum Gasteiger partial charge on any atom is -0.383 e. The maximum absolute atomic E-state index is 13.4. The van der Waals surface area contributed by atoms with Crippen LogP contribution in [0, 0.1) is 12.7 Å². The third-order valence-corrected chi connectivity index (χ3v) is 5.76. The lowest BCUT2D eigenvalue weighted by molar-refractivity contribution is 0.384. The van der Waals surface area contributed by atoms with Gasteiger partial charge in [-0.05, 0) is 31.0 Å². The predicted molar refractivity (Wildman–Crippen MR) is 78.9 cm³/mol. The number of halogens is 1. The molecular formula is C14H15FN4O2S. The zero-order valence-corrected chi connectivity index (χ0v) is 12.8. The fraction of sp³-hybridized carbons (Fsp3) is 0.286. The molecule has 0 bridgehead atoms. The molecule has 0 atom stereocenters. The Hall–Kier alpha value is -2.06. The number of nitrogens with two attached hydrogens (primary N) is 1. The Labute approximate surface area is 127 Å². The zero-order valence-electron chi connectivity index (χ0n) is 12.0. The van der Waals surface area contributed by atoms with Crippen molar-refractivity contribution in [3.8, 4) is 0 Å². The zero-order chi connectivity index (χ0) is 15.9. The average molecular weight is 322 g/mol. The van der Waals surface area contributed by atoms with E-state index in [0.29, 0.717) is 23.5 Å². The molecule has 0 unspecified atom stereocenters. The van der Waals surface area contributed by atoms with Gasteiger partial charge in [0.05, 0.1) is 17.1 Å². The summed E-state index contributed by atoms with van der Waals surface area (Å²) in [7, 11) is -3.78. The first-order chi connectivity index (χ1) is 10.4. The van der Waals surface area contributed by atoms with Crippen LogP contribution in [0.15, 0.2) is 29.4 Å². The molecule has 0 amide bonds. The highest BCUT2D eigenvalue weighted by atomic mass is 32.2. The molecule has 0 saturated carbocycles. The quantitative estimate of drug-likeness (QED) is 0.899. The number of rotatable bonds is 2. The van der Waals surface area contributed by atoms with E-state index in [1.54, 1.807) is 6.92 Å². The summed E-state index contributed by atoms with van der Waals surface area (Å²) in [4.78, 5) is 8.00. The van der Waals surface area contributed by atoms with Crippen LogP contribution >= 0.6 is 0 Å². The fourth-order valence-corrected chi connectivity index (χ4v) is 4.19. The van der Waals surface area contributed by atoms with Crippen LogP contribution in [0.1, 0.15) is 16.8 Å². The molecule has 1 aliphatic rings. The van der Waals surface area contributed by atoms with Crippen LogP contribution < -0.4 is 5.73 Å². The Morgan fingerprint density at radius 2 is 2.09 bits per heavy atom. The Morgan fingerprint density at radius 1 is 1.32 bits per heavy atom. The van der Waals surface area contributed by atoms with Crippen molar-refractivity contribution in [3.63, 3.8) is 0 Å². The van der Waals surface area contributed by atoms with Gasteiger partial charge in [-0.3, -0.25) is 0 Å². The third-order valence-electron chi connectivity index (χ3n) is 3.77. The Bertz CT molecular complexity index is 839. The number of hydrogen-bond acceptors (Lipinski definition) is 5. The van der Waals surface area contributed by atoms with Crippen molar-refractivity contribution in [2.75, 3.05) is 12.3 Å². The van der Waals surface area contributed by atoms with E-state index in [4.69, 9.17) is 5.73 Å². The number of nitrogen functional groups attached to an aromatic ring is 1. The molecule has 1 aliphatic heterocycles. The van der Waals surface area contributed by atoms with E-state index in [2.05, 4.69) is 9.97 Å². The van der Waals surface area contributed by atoms with Gasteiger partial charge in [0.25, 0.3) is 0 Å². The summed E-state index contributed by atoms with van der Waals surface area (Å²) in [5, 5.41) is 0. The molecule has 3 rings (SSSR count). The second-order valence-corrected chi connectivity index (χ2v) is 7.09. The van der Waals surface area contributed by atoms with Crippen molar-refractivity contribution in [2.24, 2.45) is 0 Å². The number of aryl methyl sites for hydroxylation is 1. The summed E-state index contributed by atoms with van der Waals surface area (Å²) in [6, 6.07) is 3.75. The Kier molecular flexibility index (Phi) is 3.57. The van der Waals surface area contributed by atoms with Crippen molar-refractivity contribution in [1.29, 1.82) is 0 Å². The van der Waals surface area contributed by atoms with Gasteiger partial charge in [-0.2, -0.15) is 4.31 Å². The number of aromatic nitrogens is 2. The van der Waals surface area contributed by atoms with Crippen LogP contribution in [0.4, 0.5) is 10.2 Å². The van der Waals surface area contributed by atoms with E-state index in [1.807, 2.05) is 0 Å². The van der Waals surface area contributed by atoms with Gasteiger partial charge in [0, 0.05) is 12.1 Å². The standard InChI is InChI=1S/C14H15FN4O2S/c1-9-2-3-10(15)6-13(9)22(20,21)19-5-4-11-12(7-19)17-8-18-14(11)16/h2-3,6,8H,4-5,7H2,1H3,(H2,16,17,18). The Balaban J connectivity index is 2.00. The lowest BCUT2D eigenvalue weighted by Gasteiger charge is -2.28. The first-order valence-electron chi connectivity index (χ1n) is 6.74. The molecule has 8 heteroatoms. The van der Waals surface area contributed by atoms with Gasteiger partial charge in [0.15, 0.2) is 0 Å². The lowest BCUT2D eigenvalue weighted by atomic mass is 10.1. The van der Waals surface area contributed by atoms with Crippen LogP contribution in [0.3, 0.4) is 0 Å². The van der Waals surface area contributed by atoms with Crippen LogP contribution in [0.2, 0.25) is 0 Å². The maximum Gasteiger partial charge on any atom is 0.243 e. The molecule has 22 heavy (non-hydrogen) atoms. The normalized spacial score (nSPS) is 15.5. The van der Waals surface area contributed by atoms with Gasteiger partial charge in [-0.1, -0.05) is 6.07 Å². The smallest absolute Gasteiger partial charge is 0.243 e. The summed E-state index contributed by atoms with van der Waals surface area (Å²) in [6.07, 6.45) is 1.76. The van der Waals surface area contributed by atoms with E-state index in [-0.39, 0.29) is 18.0 Å². The summed E-state index contributed by atoms with van der Waals surface area (Å²) < 4.78 is 40.2. The number of fused-ring (bicyclic) bond motifs is 1. The molecule has 0 fully saturated rings. The predicted octanol–water partition coefficient (Wildman–Crippen LogP) is 1.25. The van der Waals surface area contributed by atoms with E-state index in [1.165, 1.54) is 22.8 Å². The van der Waals surface area contributed by atoms with Gasteiger partial charge >= 0.3 is 0 Å². The average Bonchev–Trinajstić information content (AvgIpc) is 2.49. The van der Waals surface area contributed by atoms with Crippen molar-refractivity contribution < 1.29 is 12.8 Å². The first-order valence-corrected chi connectivity index (χ1v) is 8.18. The molecule has 2 N–H and O–H groups in total. The number of anilines is 1. The van der Waals surface area contributed by atoms with Gasteiger partial charge in [-0.15, -0.1) is 0 Å². The molecule has 2 heterocycles. The minimum absolute atomic E-state index is 0.0158. The van der Waals surface area contributed by atoms with Gasteiger partial charge in [0.1, 0.15) is 18.0 Å². The number of sulfonamides is 1. The van der Waals surface area contributed by atoms with E-state index < -0.39 is 15.8 Å². The largest absolute Gasteiger partial charge is 0.383 e. The second-order valence-electron chi connectivity index (χ2n) is 5.18. The van der Waals surface area contributed by atoms with E-state index >= 15 is 0 Å². The van der Waals surface area contributed by atoms with Crippen molar-refractivity contribution in [1.82, 2.24) is 14.3 Å². The van der Waals surface area contributed by atoms with Crippen LogP contribution in [0.5, 0.6) is 0 Å². The Morgan fingerprint density at radius 3 is 2.86 bits per heavy atom. The highest BCUT2D eigenvalue weighted by molar-refractivity contribution is 7.89. The first kappa shape index (κ1) is 14.9. The third kappa shape index (κ3) is 2.44.